The fraction of sp³-hybridized carbons (Fsp3) is 0.774. The van der Waals surface area contributed by atoms with Gasteiger partial charge in [-0.15, -0.1) is 0 Å². The van der Waals surface area contributed by atoms with Crippen molar-refractivity contribution in [2.24, 2.45) is 0 Å². The molecule has 3 rings (SSSR count). The third kappa shape index (κ3) is 6.96. The molecule has 2 amide bonds. The molecule has 0 bridgehead atoms. The average molecular weight is 547 g/mol. The van der Waals surface area contributed by atoms with E-state index in [1.54, 1.807) is 0 Å². The molecule has 2 fully saturated rings. The van der Waals surface area contributed by atoms with Crippen LogP contribution in [-0.4, -0.2) is 60.9 Å². The van der Waals surface area contributed by atoms with Gasteiger partial charge in [0.05, 0.1) is 17.2 Å². The molecule has 0 unspecified atom stereocenters. The van der Waals surface area contributed by atoms with Crippen molar-refractivity contribution in [2.75, 3.05) is 0 Å². The van der Waals surface area contributed by atoms with Crippen LogP contribution in [0.3, 0.4) is 0 Å². The van der Waals surface area contributed by atoms with Crippen molar-refractivity contribution in [1.82, 2.24) is 20.8 Å². The van der Waals surface area contributed by atoms with E-state index in [1.807, 2.05) is 41.5 Å². The van der Waals surface area contributed by atoms with E-state index >= 15 is 0 Å². The maximum absolute atomic E-state index is 13.0. The second kappa shape index (κ2) is 10.3. The molecular formula is C31H54N4O4. The lowest BCUT2D eigenvalue weighted by atomic mass is 9.79. The smallest absolute Gasteiger partial charge is 0.315 e. The number of amides is 2. The molecule has 1 aromatic rings. The van der Waals surface area contributed by atoms with Crippen LogP contribution in [0.25, 0.3) is 0 Å². The molecule has 0 saturated carbocycles. The Hall–Kier alpha value is -1.71. The minimum absolute atomic E-state index is 0.0162. The zero-order valence-electron chi connectivity index (χ0n) is 26.4. The Balaban J connectivity index is 1.65. The summed E-state index contributed by atoms with van der Waals surface area (Å²) in [5.74, 6) is 0. The van der Waals surface area contributed by atoms with Crippen LogP contribution in [0.15, 0.2) is 24.3 Å². The molecule has 0 aliphatic carbocycles. The summed E-state index contributed by atoms with van der Waals surface area (Å²) >= 11 is 0. The number of nitrogens with zero attached hydrogens (tertiary/aromatic N) is 2. The first kappa shape index (κ1) is 31.8. The summed E-state index contributed by atoms with van der Waals surface area (Å²) in [5.41, 5.74) is -0.637. The fourth-order valence-electron chi connectivity index (χ4n) is 6.99. The zero-order chi connectivity index (χ0) is 29.8. The number of ether oxygens (including phenoxy) is 1. The van der Waals surface area contributed by atoms with E-state index in [4.69, 9.17) is 4.74 Å². The van der Waals surface area contributed by atoms with Gasteiger partial charge in [0.15, 0.2) is 0 Å². The molecule has 8 heteroatoms. The molecule has 2 saturated heterocycles. The summed E-state index contributed by atoms with van der Waals surface area (Å²) in [4.78, 5) is 13.0. The number of carbonyl (C=O) groups excluding carboxylic acids is 1. The average Bonchev–Trinajstić information content (AvgIpc) is 2.74. The predicted molar refractivity (Wildman–Crippen MR) is 155 cm³/mol. The largest absolute Gasteiger partial charge is 0.368 e. The zero-order valence-corrected chi connectivity index (χ0v) is 26.4. The number of piperidine rings is 2. The van der Waals surface area contributed by atoms with Crippen molar-refractivity contribution in [3.8, 4) is 0 Å². The number of urea groups is 1. The van der Waals surface area contributed by atoms with Gasteiger partial charge < -0.3 is 25.8 Å². The first-order valence-corrected chi connectivity index (χ1v) is 14.3. The first-order valence-electron chi connectivity index (χ1n) is 14.3. The standard InChI is InChI=1S/C31H54N4O4/c1-26(2)17-23(18-27(3,4)34(26)37)32-25(36)33-30(9,10)21-13-15-22(16-14-21)31(11,12)39-24-19-28(5,6)35(38)29(7,8)20-24/h13-16,23-24,37-38H,17-20H2,1-12H3,(H2,32,33,36). The maximum atomic E-state index is 13.0. The lowest BCUT2D eigenvalue weighted by molar-refractivity contribution is -0.270. The number of benzene rings is 1. The normalized spacial score (nSPS) is 24.4. The van der Waals surface area contributed by atoms with Crippen LogP contribution in [0, 0.1) is 0 Å². The van der Waals surface area contributed by atoms with E-state index in [1.165, 1.54) is 10.1 Å². The number of rotatable bonds is 6. The van der Waals surface area contributed by atoms with Gasteiger partial charge in [0, 0.05) is 28.2 Å². The molecule has 4 N–H and O–H groups in total. The Kier molecular flexibility index (Phi) is 8.39. The van der Waals surface area contributed by atoms with Gasteiger partial charge in [-0.05, 0) is 120 Å². The van der Waals surface area contributed by atoms with Crippen molar-refractivity contribution in [1.29, 1.82) is 0 Å². The minimum Gasteiger partial charge on any atom is -0.368 e. The summed E-state index contributed by atoms with van der Waals surface area (Å²) in [6, 6.07) is 8.02. The monoisotopic (exact) mass is 546 g/mol. The summed E-state index contributed by atoms with van der Waals surface area (Å²) in [7, 11) is 0. The highest BCUT2D eigenvalue weighted by molar-refractivity contribution is 5.75. The quantitative estimate of drug-likeness (QED) is 0.335. The highest BCUT2D eigenvalue weighted by atomic mass is 16.5. The van der Waals surface area contributed by atoms with E-state index in [2.05, 4.69) is 76.4 Å². The lowest BCUT2D eigenvalue weighted by Gasteiger charge is -2.52. The van der Waals surface area contributed by atoms with E-state index in [9.17, 15) is 15.2 Å². The van der Waals surface area contributed by atoms with Crippen LogP contribution in [0.1, 0.15) is 120 Å². The van der Waals surface area contributed by atoms with Crippen molar-refractivity contribution >= 4 is 6.03 Å². The highest BCUT2D eigenvalue weighted by Crippen LogP contribution is 2.41. The van der Waals surface area contributed by atoms with E-state index in [-0.39, 0.29) is 29.3 Å². The predicted octanol–water partition coefficient (Wildman–Crippen LogP) is 6.29. The fourth-order valence-corrected chi connectivity index (χ4v) is 6.99. The van der Waals surface area contributed by atoms with Gasteiger partial charge in [0.2, 0.25) is 0 Å². The highest BCUT2D eigenvalue weighted by Gasteiger charge is 2.47. The van der Waals surface area contributed by atoms with Gasteiger partial charge in [-0.25, -0.2) is 4.79 Å². The topological polar surface area (TPSA) is 97.3 Å². The third-order valence-electron chi connectivity index (χ3n) is 8.76. The van der Waals surface area contributed by atoms with Crippen LogP contribution in [0.2, 0.25) is 0 Å². The van der Waals surface area contributed by atoms with Crippen LogP contribution in [0.5, 0.6) is 0 Å². The molecule has 2 aliphatic heterocycles. The number of carbonyl (C=O) groups is 1. The third-order valence-corrected chi connectivity index (χ3v) is 8.76. The van der Waals surface area contributed by atoms with Crippen LogP contribution in [0.4, 0.5) is 4.79 Å². The van der Waals surface area contributed by atoms with Crippen molar-refractivity contribution in [3.63, 3.8) is 0 Å². The maximum Gasteiger partial charge on any atom is 0.315 e. The Bertz CT molecular complexity index is 994. The number of nitrogens with one attached hydrogen (secondary N) is 2. The van der Waals surface area contributed by atoms with Crippen molar-refractivity contribution < 1.29 is 19.9 Å². The molecular weight excluding hydrogens is 492 g/mol. The van der Waals surface area contributed by atoms with Crippen LogP contribution >= 0.6 is 0 Å². The molecule has 0 spiro atoms. The molecule has 0 atom stereocenters. The molecule has 39 heavy (non-hydrogen) atoms. The van der Waals surface area contributed by atoms with E-state index < -0.39 is 22.2 Å². The molecule has 0 radical (unpaired) electrons. The van der Waals surface area contributed by atoms with Gasteiger partial charge in [-0.2, -0.15) is 10.1 Å². The number of hydrogen-bond acceptors (Lipinski definition) is 6. The van der Waals surface area contributed by atoms with Crippen molar-refractivity contribution in [2.45, 2.75) is 154 Å². The molecule has 222 valence electrons. The van der Waals surface area contributed by atoms with Gasteiger partial charge in [-0.3, -0.25) is 0 Å². The molecule has 8 nitrogen and oxygen atoms in total. The van der Waals surface area contributed by atoms with Gasteiger partial charge in [0.1, 0.15) is 0 Å². The second-order valence-electron chi connectivity index (χ2n) is 15.4. The molecule has 2 aliphatic rings. The summed E-state index contributed by atoms with van der Waals surface area (Å²) < 4.78 is 6.66. The first-order chi connectivity index (χ1) is 17.5. The number of hydroxylamine groups is 4. The van der Waals surface area contributed by atoms with Gasteiger partial charge in [0.25, 0.3) is 0 Å². The van der Waals surface area contributed by atoms with Crippen LogP contribution < -0.4 is 10.6 Å². The lowest BCUT2D eigenvalue weighted by Crippen LogP contribution is -2.64. The van der Waals surface area contributed by atoms with Gasteiger partial charge >= 0.3 is 6.03 Å². The Morgan fingerprint density at radius 2 is 1.15 bits per heavy atom. The molecule has 1 aromatic carbocycles. The van der Waals surface area contributed by atoms with Crippen molar-refractivity contribution in [3.05, 3.63) is 35.4 Å². The summed E-state index contributed by atoms with van der Waals surface area (Å²) in [5, 5.41) is 30.4. The Labute approximate surface area is 236 Å². The minimum atomic E-state index is -0.585. The molecule has 0 aromatic heterocycles. The summed E-state index contributed by atoms with van der Waals surface area (Å²) in [6.07, 6.45) is 2.83. The SMILES string of the molecule is CC(C)(NC(=O)NC1CC(C)(C)N(O)C(C)(C)C1)c1ccc(C(C)(C)OC2CC(C)(C)N(O)C(C)(C)C2)cc1. The summed E-state index contributed by atoms with van der Waals surface area (Å²) in [6.45, 7) is 24.4. The number of hydrogen-bond donors (Lipinski definition) is 4. The second-order valence-corrected chi connectivity index (χ2v) is 15.4. The Morgan fingerprint density at radius 3 is 1.59 bits per heavy atom. The van der Waals surface area contributed by atoms with Gasteiger partial charge in [-0.1, -0.05) is 24.3 Å². The van der Waals surface area contributed by atoms with E-state index in [0.29, 0.717) is 12.8 Å². The molecule has 2 heterocycles. The van der Waals surface area contributed by atoms with E-state index in [0.717, 1.165) is 24.0 Å². The Morgan fingerprint density at radius 1 is 0.769 bits per heavy atom. The van der Waals surface area contributed by atoms with Crippen LogP contribution in [-0.2, 0) is 15.9 Å².